The molecule has 0 saturated carbocycles. The highest BCUT2D eigenvalue weighted by Gasteiger charge is 2.15. The van der Waals surface area contributed by atoms with Gasteiger partial charge in [-0.15, -0.1) is 0 Å². The Morgan fingerprint density at radius 2 is 2.22 bits per heavy atom. The molecule has 102 valence electrons. The number of allylic oxidation sites excluding steroid dienone is 2. The summed E-state index contributed by atoms with van der Waals surface area (Å²) in [6, 6.07) is -0.159. The highest BCUT2D eigenvalue weighted by atomic mass is 16.4. The summed E-state index contributed by atoms with van der Waals surface area (Å²) in [4.78, 5) is 23.8. The quantitative estimate of drug-likeness (QED) is 0.711. The Labute approximate surface area is 108 Å². The van der Waals surface area contributed by atoms with Crippen LogP contribution in [0.3, 0.4) is 0 Å². The van der Waals surface area contributed by atoms with Gasteiger partial charge in [0.2, 0.25) is 0 Å². The molecular weight excluding hydrogens is 232 g/mol. The van der Waals surface area contributed by atoms with Crippen molar-refractivity contribution in [2.24, 2.45) is 5.92 Å². The van der Waals surface area contributed by atoms with Crippen molar-refractivity contribution in [3.63, 3.8) is 0 Å². The van der Waals surface area contributed by atoms with Crippen molar-refractivity contribution >= 4 is 12.0 Å². The first-order chi connectivity index (χ1) is 8.63. The average Bonchev–Trinajstić information content (AvgIpc) is 2.38. The van der Waals surface area contributed by atoms with Gasteiger partial charge < -0.3 is 15.3 Å². The highest BCUT2D eigenvalue weighted by molar-refractivity contribution is 5.75. The van der Waals surface area contributed by atoms with E-state index in [0.717, 1.165) is 19.3 Å². The molecule has 1 atom stereocenters. The third kappa shape index (κ3) is 5.21. The van der Waals surface area contributed by atoms with E-state index in [4.69, 9.17) is 5.11 Å². The predicted molar refractivity (Wildman–Crippen MR) is 69.4 cm³/mol. The molecule has 18 heavy (non-hydrogen) atoms. The van der Waals surface area contributed by atoms with Gasteiger partial charge in [-0.1, -0.05) is 12.2 Å². The lowest BCUT2D eigenvalue weighted by Crippen LogP contribution is -2.42. The van der Waals surface area contributed by atoms with Crippen LogP contribution < -0.4 is 5.32 Å². The molecule has 0 aromatic rings. The van der Waals surface area contributed by atoms with E-state index >= 15 is 0 Å². The van der Waals surface area contributed by atoms with Crippen LogP contribution >= 0.6 is 0 Å². The molecule has 2 N–H and O–H groups in total. The van der Waals surface area contributed by atoms with E-state index in [1.165, 1.54) is 4.90 Å². The van der Waals surface area contributed by atoms with Crippen LogP contribution in [0.25, 0.3) is 0 Å². The number of hydrogen-bond donors (Lipinski definition) is 2. The maximum absolute atomic E-state index is 11.8. The molecule has 5 heteroatoms. The summed E-state index contributed by atoms with van der Waals surface area (Å²) in [5, 5.41) is 11.5. The normalized spacial score (nSPS) is 18.4. The third-order valence-corrected chi connectivity index (χ3v) is 3.18. The Balaban J connectivity index is 2.28. The summed E-state index contributed by atoms with van der Waals surface area (Å²) in [5.74, 6) is -0.365. The second kappa shape index (κ2) is 7.74. The number of carboxylic acids is 1. The minimum Gasteiger partial charge on any atom is -0.481 e. The predicted octanol–water partition coefficient (Wildman–Crippen LogP) is 1.85. The lowest BCUT2D eigenvalue weighted by molar-refractivity contribution is -0.137. The molecule has 2 amide bonds. The third-order valence-electron chi connectivity index (χ3n) is 3.18. The maximum Gasteiger partial charge on any atom is 0.317 e. The Morgan fingerprint density at radius 3 is 2.78 bits per heavy atom. The van der Waals surface area contributed by atoms with E-state index in [9.17, 15) is 9.59 Å². The maximum atomic E-state index is 11.8. The van der Waals surface area contributed by atoms with Gasteiger partial charge in [0.15, 0.2) is 0 Å². The summed E-state index contributed by atoms with van der Waals surface area (Å²) >= 11 is 0. The van der Waals surface area contributed by atoms with Gasteiger partial charge in [0.1, 0.15) is 0 Å². The molecule has 0 bridgehead atoms. The van der Waals surface area contributed by atoms with Crippen LogP contribution in [-0.2, 0) is 4.79 Å². The molecule has 1 aliphatic rings. The van der Waals surface area contributed by atoms with Crippen LogP contribution in [0, 0.1) is 5.92 Å². The van der Waals surface area contributed by atoms with Crippen LogP contribution in [0.5, 0.6) is 0 Å². The zero-order chi connectivity index (χ0) is 13.4. The number of carbonyl (C=O) groups excluding carboxylic acids is 1. The molecule has 0 fully saturated rings. The molecule has 0 aliphatic heterocycles. The Kier molecular flexibility index (Phi) is 6.25. The topological polar surface area (TPSA) is 69.6 Å². The van der Waals surface area contributed by atoms with Gasteiger partial charge in [-0.05, 0) is 32.1 Å². The van der Waals surface area contributed by atoms with Crippen LogP contribution in [0.2, 0.25) is 0 Å². The number of amides is 2. The second-order valence-corrected chi connectivity index (χ2v) is 4.56. The van der Waals surface area contributed by atoms with Gasteiger partial charge in [-0.25, -0.2) is 4.79 Å². The number of carboxylic acid groups (broad SMARTS) is 1. The molecule has 1 rings (SSSR count). The molecule has 1 unspecified atom stereocenters. The monoisotopic (exact) mass is 254 g/mol. The lowest BCUT2D eigenvalue weighted by atomic mass is 9.94. The van der Waals surface area contributed by atoms with E-state index in [1.807, 2.05) is 6.92 Å². The van der Waals surface area contributed by atoms with Crippen LogP contribution in [0.4, 0.5) is 4.79 Å². The summed E-state index contributed by atoms with van der Waals surface area (Å²) < 4.78 is 0. The van der Waals surface area contributed by atoms with Crippen molar-refractivity contribution in [1.82, 2.24) is 10.2 Å². The van der Waals surface area contributed by atoms with Gasteiger partial charge in [-0.3, -0.25) is 4.79 Å². The number of hydrogen-bond acceptors (Lipinski definition) is 2. The summed E-state index contributed by atoms with van der Waals surface area (Å²) in [6.07, 6.45) is 7.52. The van der Waals surface area contributed by atoms with E-state index in [0.29, 0.717) is 19.0 Å². The molecule has 0 heterocycles. The first-order valence-electron chi connectivity index (χ1n) is 6.53. The molecule has 0 saturated heterocycles. The molecule has 0 spiro atoms. The number of nitrogens with one attached hydrogen (secondary N) is 1. The zero-order valence-electron chi connectivity index (χ0n) is 10.9. The fourth-order valence-electron chi connectivity index (χ4n) is 2.02. The number of carbonyl (C=O) groups is 2. The molecule has 1 aliphatic carbocycles. The van der Waals surface area contributed by atoms with E-state index in [-0.39, 0.29) is 19.0 Å². The largest absolute Gasteiger partial charge is 0.481 e. The minimum absolute atomic E-state index is 0.00652. The summed E-state index contributed by atoms with van der Waals surface area (Å²) in [5.41, 5.74) is 0. The van der Waals surface area contributed by atoms with Gasteiger partial charge >= 0.3 is 12.0 Å². The van der Waals surface area contributed by atoms with Crippen LogP contribution in [-0.4, -0.2) is 41.6 Å². The zero-order valence-corrected chi connectivity index (χ0v) is 10.9. The van der Waals surface area contributed by atoms with E-state index in [2.05, 4.69) is 17.5 Å². The van der Waals surface area contributed by atoms with Gasteiger partial charge in [0.05, 0.1) is 6.42 Å². The first-order valence-corrected chi connectivity index (χ1v) is 6.53. The number of aliphatic carboxylic acids is 1. The molecule has 5 nitrogen and oxygen atoms in total. The summed E-state index contributed by atoms with van der Waals surface area (Å²) in [7, 11) is 0. The Hall–Kier alpha value is -1.52. The van der Waals surface area contributed by atoms with Gasteiger partial charge in [-0.2, -0.15) is 0 Å². The van der Waals surface area contributed by atoms with Crippen LogP contribution in [0.1, 0.15) is 32.6 Å². The van der Waals surface area contributed by atoms with Crippen molar-refractivity contribution in [2.75, 3.05) is 19.6 Å². The van der Waals surface area contributed by atoms with Crippen molar-refractivity contribution in [1.29, 1.82) is 0 Å². The fourth-order valence-corrected chi connectivity index (χ4v) is 2.02. The van der Waals surface area contributed by atoms with E-state index < -0.39 is 5.97 Å². The molecule has 0 aromatic heterocycles. The van der Waals surface area contributed by atoms with Crippen molar-refractivity contribution in [2.45, 2.75) is 32.6 Å². The molecule has 0 radical (unpaired) electrons. The number of nitrogens with zero attached hydrogens (tertiary/aromatic N) is 1. The fraction of sp³-hybridized carbons (Fsp3) is 0.692. The second-order valence-electron chi connectivity index (χ2n) is 4.56. The van der Waals surface area contributed by atoms with E-state index in [1.54, 1.807) is 0 Å². The summed E-state index contributed by atoms with van der Waals surface area (Å²) in [6.45, 7) is 3.32. The Bertz CT molecular complexity index is 315. The minimum atomic E-state index is -0.876. The molecule has 0 aromatic carbocycles. The lowest BCUT2D eigenvalue weighted by Gasteiger charge is -2.23. The molecular formula is C13H22N2O3. The smallest absolute Gasteiger partial charge is 0.317 e. The van der Waals surface area contributed by atoms with Crippen molar-refractivity contribution < 1.29 is 14.7 Å². The first kappa shape index (κ1) is 14.5. The average molecular weight is 254 g/mol. The standard InChI is InChI=1S/C13H22N2O3/c1-2-15(9-8-12(16)17)13(18)14-10-11-6-4-3-5-7-11/h3-4,11H,2,5-10H2,1H3,(H,14,18)(H,16,17). The SMILES string of the molecule is CCN(CCC(=O)O)C(=O)NCC1CC=CCC1. The highest BCUT2D eigenvalue weighted by Crippen LogP contribution is 2.16. The number of rotatable bonds is 6. The van der Waals surface area contributed by atoms with Crippen molar-refractivity contribution in [3.8, 4) is 0 Å². The van der Waals surface area contributed by atoms with Gasteiger partial charge in [0, 0.05) is 19.6 Å². The van der Waals surface area contributed by atoms with Crippen molar-refractivity contribution in [3.05, 3.63) is 12.2 Å². The Morgan fingerprint density at radius 1 is 1.44 bits per heavy atom. The van der Waals surface area contributed by atoms with Gasteiger partial charge in [0.25, 0.3) is 0 Å². The van der Waals surface area contributed by atoms with Crippen LogP contribution in [0.15, 0.2) is 12.2 Å². The number of urea groups is 1.